The Labute approximate surface area is 123 Å². The second-order valence-electron chi connectivity index (χ2n) is 4.54. The molecule has 0 aliphatic carbocycles. The average Bonchev–Trinajstić information content (AvgIpc) is 2.54. The standard InChI is InChI=1S/C16H15N3O2/c1-2-3-4-13-10-18-15(19-11-13)16(20)21-14-7-5-12(9-17)6-8-14/h5-8,10-11H,2-4H2,1H3. The first-order valence-electron chi connectivity index (χ1n) is 6.76. The highest BCUT2D eigenvalue weighted by molar-refractivity contribution is 5.86. The Morgan fingerprint density at radius 2 is 1.90 bits per heavy atom. The van der Waals surface area contributed by atoms with Crippen LogP contribution in [0, 0.1) is 11.3 Å². The number of rotatable bonds is 5. The van der Waals surface area contributed by atoms with E-state index in [4.69, 9.17) is 10.00 Å². The fourth-order valence-corrected chi connectivity index (χ4v) is 1.72. The van der Waals surface area contributed by atoms with Crippen LogP contribution in [0.4, 0.5) is 0 Å². The molecule has 0 spiro atoms. The fraction of sp³-hybridized carbons (Fsp3) is 0.250. The smallest absolute Gasteiger partial charge is 0.381 e. The SMILES string of the molecule is CCCCc1cnc(C(=O)Oc2ccc(C#N)cc2)nc1. The third kappa shape index (κ3) is 4.11. The Morgan fingerprint density at radius 1 is 1.24 bits per heavy atom. The molecule has 2 aromatic rings. The minimum Gasteiger partial charge on any atom is -0.421 e. The van der Waals surface area contributed by atoms with E-state index in [-0.39, 0.29) is 5.82 Å². The molecule has 1 aromatic carbocycles. The maximum Gasteiger partial charge on any atom is 0.381 e. The second-order valence-corrected chi connectivity index (χ2v) is 4.54. The van der Waals surface area contributed by atoms with Crippen LogP contribution in [-0.2, 0) is 6.42 Å². The van der Waals surface area contributed by atoms with Crippen LogP contribution in [0.2, 0.25) is 0 Å². The van der Waals surface area contributed by atoms with Crippen LogP contribution in [0.25, 0.3) is 0 Å². The van der Waals surface area contributed by atoms with Crippen molar-refractivity contribution in [3.05, 3.63) is 53.6 Å². The molecule has 0 amide bonds. The monoisotopic (exact) mass is 281 g/mol. The van der Waals surface area contributed by atoms with Crippen LogP contribution in [-0.4, -0.2) is 15.9 Å². The van der Waals surface area contributed by atoms with Gasteiger partial charge in [0.15, 0.2) is 0 Å². The lowest BCUT2D eigenvalue weighted by Crippen LogP contribution is -2.13. The van der Waals surface area contributed by atoms with Gasteiger partial charge in [0.2, 0.25) is 5.82 Å². The van der Waals surface area contributed by atoms with Crippen molar-refractivity contribution >= 4 is 5.97 Å². The van der Waals surface area contributed by atoms with Crippen LogP contribution in [0.3, 0.4) is 0 Å². The molecule has 0 fully saturated rings. The Kier molecular flexibility index (Phi) is 4.99. The van der Waals surface area contributed by atoms with E-state index in [0.717, 1.165) is 24.8 Å². The minimum absolute atomic E-state index is 0.0274. The van der Waals surface area contributed by atoms with Crippen molar-refractivity contribution in [3.8, 4) is 11.8 Å². The first-order chi connectivity index (χ1) is 10.2. The molecule has 0 atom stereocenters. The Balaban J connectivity index is 2.00. The van der Waals surface area contributed by atoms with Crippen LogP contribution in [0.1, 0.15) is 41.5 Å². The first-order valence-corrected chi connectivity index (χ1v) is 6.76. The van der Waals surface area contributed by atoms with Crippen LogP contribution in [0.15, 0.2) is 36.7 Å². The number of esters is 1. The van der Waals surface area contributed by atoms with E-state index in [2.05, 4.69) is 16.9 Å². The lowest BCUT2D eigenvalue weighted by molar-refractivity contribution is 0.0721. The predicted octanol–water partition coefficient (Wildman–Crippen LogP) is 2.91. The number of hydrogen-bond donors (Lipinski definition) is 0. The van der Waals surface area contributed by atoms with E-state index >= 15 is 0 Å². The van der Waals surface area contributed by atoms with E-state index in [9.17, 15) is 4.79 Å². The molecule has 21 heavy (non-hydrogen) atoms. The Bertz CT molecular complexity index is 643. The van der Waals surface area contributed by atoms with Gasteiger partial charge in [-0.2, -0.15) is 5.26 Å². The molecular weight excluding hydrogens is 266 g/mol. The van der Waals surface area contributed by atoms with Crippen molar-refractivity contribution in [3.63, 3.8) is 0 Å². The molecule has 0 radical (unpaired) electrons. The molecule has 0 unspecified atom stereocenters. The van der Waals surface area contributed by atoms with Gasteiger partial charge in [0.25, 0.3) is 0 Å². The highest BCUT2D eigenvalue weighted by Gasteiger charge is 2.12. The van der Waals surface area contributed by atoms with Crippen molar-refractivity contribution in [2.75, 3.05) is 0 Å². The number of aromatic nitrogens is 2. The van der Waals surface area contributed by atoms with Gasteiger partial charge in [-0.25, -0.2) is 14.8 Å². The number of ether oxygens (including phenoxy) is 1. The summed E-state index contributed by atoms with van der Waals surface area (Å²) in [4.78, 5) is 19.9. The molecule has 0 bridgehead atoms. The number of carbonyl (C=O) groups is 1. The molecule has 5 nitrogen and oxygen atoms in total. The van der Waals surface area contributed by atoms with E-state index in [1.54, 1.807) is 36.7 Å². The zero-order valence-electron chi connectivity index (χ0n) is 11.7. The van der Waals surface area contributed by atoms with Crippen molar-refractivity contribution in [2.45, 2.75) is 26.2 Å². The van der Waals surface area contributed by atoms with Crippen molar-refractivity contribution in [1.29, 1.82) is 5.26 Å². The quantitative estimate of drug-likeness (QED) is 0.622. The van der Waals surface area contributed by atoms with Gasteiger partial charge in [0.1, 0.15) is 5.75 Å². The molecule has 0 saturated carbocycles. The van der Waals surface area contributed by atoms with Gasteiger partial charge in [0.05, 0.1) is 11.6 Å². The molecule has 0 aliphatic heterocycles. The highest BCUT2D eigenvalue weighted by Crippen LogP contribution is 2.13. The number of unbranched alkanes of at least 4 members (excludes halogenated alkanes) is 1. The van der Waals surface area contributed by atoms with Gasteiger partial charge in [-0.05, 0) is 42.7 Å². The number of nitriles is 1. The maximum absolute atomic E-state index is 11.9. The number of hydrogen-bond acceptors (Lipinski definition) is 5. The number of nitrogens with zero attached hydrogens (tertiary/aromatic N) is 3. The predicted molar refractivity (Wildman–Crippen MR) is 76.8 cm³/mol. The zero-order valence-corrected chi connectivity index (χ0v) is 11.7. The summed E-state index contributed by atoms with van der Waals surface area (Å²) in [5.74, 6) is -0.223. The molecule has 5 heteroatoms. The normalized spacial score (nSPS) is 9.90. The zero-order chi connectivity index (χ0) is 15.1. The van der Waals surface area contributed by atoms with Crippen molar-refractivity contribution < 1.29 is 9.53 Å². The summed E-state index contributed by atoms with van der Waals surface area (Å²) in [6, 6.07) is 8.28. The molecule has 1 aromatic heterocycles. The van der Waals surface area contributed by atoms with E-state index in [1.807, 2.05) is 6.07 Å². The second kappa shape index (κ2) is 7.15. The lowest BCUT2D eigenvalue weighted by Gasteiger charge is -2.04. The molecule has 1 heterocycles. The summed E-state index contributed by atoms with van der Waals surface area (Å²) < 4.78 is 5.15. The molecule has 2 rings (SSSR count). The third-order valence-electron chi connectivity index (χ3n) is 2.90. The molecule has 0 N–H and O–H groups in total. The minimum atomic E-state index is -0.609. The topological polar surface area (TPSA) is 75.9 Å². The van der Waals surface area contributed by atoms with Gasteiger partial charge >= 0.3 is 5.97 Å². The third-order valence-corrected chi connectivity index (χ3v) is 2.90. The Hall–Kier alpha value is -2.74. The number of benzene rings is 1. The van der Waals surface area contributed by atoms with Crippen molar-refractivity contribution in [1.82, 2.24) is 9.97 Å². The van der Waals surface area contributed by atoms with Crippen LogP contribution >= 0.6 is 0 Å². The number of carbonyl (C=O) groups excluding carboxylic acids is 1. The summed E-state index contributed by atoms with van der Waals surface area (Å²) in [6.07, 6.45) is 6.37. The van der Waals surface area contributed by atoms with E-state index in [0.29, 0.717) is 11.3 Å². The largest absolute Gasteiger partial charge is 0.421 e. The Morgan fingerprint density at radius 3 is 2.48 bits per heavy atom. The van der Waals surface area contributed by atoms with Gasteiger partial charge in [-0.1, -0.05) is 13.3 Å². The van der Waals surface area contributed by atoms with E-state index in [1.165, 1.54) is 0 Å². The summed E-state index contributed by atoms with van der Waals surface area (Å²) >= 11 is 0. The molecular formula is C16H15N3O2. The summed E-state index contributed by atoms with van der Waals surface area (Å²) in [7, 11) is 0. The summed E-state index contributed by atoms with van der Waals surface area (Å²) in [6.45, 7) is 2.12. The number of aryl methyl sites for hydroxylation is 1. The van der Waals surface area contributed by atoms with Gasteiger partial charge < -0.3 is 4.74 Å². The average molecular weight is 281 g/mol. The fourth-order valence-electron chi connectivity index (χ4n) is 1.72. The summed E-state index contributed by atoms with van der Waals surface area (Å²) in [5.41, 5.74) is 1.51. The molecule has 0 saturated heterocycles. The van der Waals surface area contributed by atoms with Crippen LogP contribution in [0.5, 0.6) is 5.75 Å². The highest BCUT2D eigenvalue weighted by atomic mass is 16.5. The van der Waals surface area contributed by atoms with Crippen LogP contribution < -0.4 is 4.74 Å². The van der Waals surface area contributed by atoms with E-state index < -0.39 is 5.97 Å². The van der Waals surface area contributed by atoms with Crippen molar-refractivity contribution in [2.24, 2.45) is 0 Å². The van der Waals surface area contributed by atoms with Gasteiger partial charge in [0, 0.05) is 12.4 Å². The summed E-state index contributed by atoms with van der Waals surface area (Å²) in [5, 5.41) is 8.70. The maximum atomic E-state index is 11.9. The molecule has 0 aliphatic rings. The first kappa shape index (κ1) is 14.7. The van der Waals surface area contributed by atoms with Gasteiger partial charge in [-0.15, -0.1) is 0 Å². The van der Waals surface area contributed by atoms with Gasteiger partial charge in [-0.3, -0.25) is 0 Å². The molecule has 106 valence electrons. The lowest BCUT2D eigenvalue weighted by atomic mass is 10.1.